The van der Waals surface area contributed by atoms with Gasteiger partial charge in [-0.05, 0) is 50.4 Å². The summed E-state index contributed by atoms with van der Waals surface area (Å²) in [5, 5.41) is 19.6. The van der Waals surface area contributed by atoms with Crippen molar-refractivity contribution in [2.75, 3.05) is 27.3 Å². The molecule has 2 rings (SSSR count). The van der Waals surface area contributed by atoms with E-state index in [1.165, 1.54) is 0 Å². The van der Waals surface area contributed by atoms with E-state index < -0.39 is 12.0 Å². The monoisotopic (exact) mass is 335 g/mol. The van der Waals surface area contributed by atoms with Gasteiger partial charge in [-0.2, -0.15) is 0 Å². The number of aryl methyl sites for hydroxylation is 2. The van der Waals surface area contributed by atoms with E-state index in [9.17, 15) is 15.0 Å². The number of aliphatic hydroxyl groups is 1. The second-order valence-corrected chi connectivity index (χ2v) is 7.21. The van der Waals surface area contributed by atoms with Crippen LogP contribution in [0.2, 0.25) is 0 Å². The maximum absolute atomic E-state index is 11.9. The zero-order valence-electron chi connectivity index (χ0n) is 15.1. The topological polar surface area (TPSA) is 70.0 Å². The van der Waals surface area contributed by atoms with E-state index in [0.29, 0.717) is 6.54 Å². The zero-order chi connectivity index (χ0) is 17.9. The Balaban J connectivity index is 2.31. The van der Waals surface area contributed by atoms with Crippen molar-refractivity contribution in [3.63, 3.8) is 0 Å². The minimum atomic E-state index is -0.868. The zero-order valence-corrected chi connectivity index (χ0v) is 15.1. The van der Waals surface area contributed by atoms with Crippen molar-refractivity contribution in [3.05, 3.63) is 28.8 Å². The molecule has 24 heavy (non-hydrogen) atoms. The highest BCUT2D eigenvalue weighted by Gasteiger charge is 2.37. The maximum atomic E-state index is 11.9. The average molecular weight is 335 g/mol. The average Bonchev–Trinajstić information content (AvgIpc) is 2.95. The van der Waals surface area contributed by atoms with Crippen LogP contribution in [0.1, 0.15) is 48.4 Å². The van der Waals surface area contributed by atoms with E-state index in [4.69, 9.17) is 4.74 Å². The van der Waals surface area contributed by atoms with Crippen molar-refractivity contribution in [1.29, 1.82) is 0 Å². The van der Waals surface area contributed by atoms with Crippen LogP contribution in [0.25, 0.3) is 0 Å². The molecule has 0 heterocycles. The van der Waals surface area contributed by atoms with Gasteiger partial charge < -0.3 is 14.9 Å². The van der Waals surface area contributed by atoms with Gasteiger partial charge in [0.1, 0.15) is 11.8 Å². The fourth-order valence-corrected chi connectivity index (χ4v) is 4.16. The second kappa shape index (κ2) is 7.53. The lowest BCUT2D eigenvalue weighted by atomic mass is 9.86. The molecule has 5 heteroatoms. The van der Waals surface area contributed by atoms with E-state index in [1.54, 1.807) is 7.11 Å². The number of ether oxygens (including phenoxy) is 1. The predicted octanol–water partition coefficient (Wildman–Crippen LogP) is 2.92. The van der Waals surface area contributed by atoms with Crippen molar-refractivity contribution in [1.82, 2.24) is 4.90 Å². The van der Waals surface area contributed by atoms with E-state index in [2.05, 4.69) is 0 Å². The highest BCUT2D eigenvalue weighted by atomic mass is 16.5. The lowest BCUT2D eigenvalue weighted by Gasteiger charge is -2.35. The van der Waals surface area contributed by atoms with Gasteiger partial charge >= 0.3 is 5.97 Å². The molecule has 0 spiro atoms. The molecule has 0 saturated heterocycles. The maximum Gasteiger partial charge on any atom is 0.325 e. The fraction of sp³-hybridized carbons (Fsp3) is 0.632. The first-order valence-corrected chi connectivity index (χ1v) is 8.52. The minimum Gasteiger partial charge on any atom is -0.496 e. The van der Waals surface area contributed by atoms with Crippen LogP contribution in [-0.4, -0.2) is 48.4 Å². The molecule has 1 aliphatic rings. The summed E-state index contributed by atoms with van der Waals surface area (Å²) in [6, 6.07) is 3.06. The number of carboxylic acids is 1. The number of hydrogen-bond donors (Lipinski definition) is 2. The Kier molecular flexibility index (Phi) is 5.88. The third-order valence-electron chi connectivity index (χ3n) is 5.26. The molecule has 1 saturated carbocycles. The highest BCUT2D eigenvalue weighted by molar-refractivity contribution is 5.76. The van der Waals surface area contributed by atoms with E-state index in [1.807, 2.05) is 37.9 Å². The van der Waals surface area contributed by atoms with E-state index in [-0.39, 0.29) is 12.0 Å². The number of carboxylic acid groups (broad SMARTS) is 1. The molecular weight excluding hydrogens is 306 g/mol. The third kappa shape index (κ3) is 3.73. The number of nitrogens with zero attached hydrogens (tertiary/aromatic N) is 1. The van der Waals surface area contributed by atoms with Gasteiger partial charge in [0.05, 0.1) is 7.11 Å². The summed E-state index contributed by atoms with van der Waals surface area (Å²) in [7, 11) is 3.46. The second-order valence-electron chi connectivity index (χ2n) is 7.21. The number of methoxy groups -OCH3 is 1. The summed E-state index contributed by atoms with van der Waals surface area (Å²) in [6.07, 6.45) is 4.13. The summed E-state index contributed by atoms with van der Waals surface area (Å²) in [6.45, 7) is 4.57. The highest BCUT2D eigenvalue weighted by Crippen LogP contribution is 2.40. The van der Waals surface area contributed by atoms with Crippen LogP contribution in [0.4, 0.5) is 0 Å². The standard InChI is InChI=1S/C19H29NO4/c1-13-9-15(10-14(2)17(13)24-4)16(18(22)23)20(3)11-19(12-21)7-5-6-8-19/h9-10,16,21H,5-8,11-12H2,1-4H3,(H,22,23). The van der Waals surface area contributed by atoms with Gasteiger partial charge in [0.25, 0.3) is 0 Å². The summed E-state index contributed by atoms with van der Waals surface area (Å²) in [5.74, 6) is -0.0688. The van der Waals surface area contributed by atoms with Crippen LogP contribution >= 0.6 is 0 Å². The van der Waals surface area contributed by atoms with Crippen molar-refractivity contribution >= 4 is 5.97 Å². The Morgan fingerprint density at radius 3 is 2.25 bits per heavy atom. The largest absolute Gasteiger partial charge is 0.496 e. The van der Waals surface area contributed by atoms with Crippen molar-refractivity contribution in [2.24, 2.45) is 5.41 Å². The molecule has 1 aliphatic carbocycles. The molecule has 0 bridgehead atoms. The minimum absolute atomic E-state index is 0.115. The molecule has 0 radical (unpaired) electrons. The molecule has 0 aliphatic heterocycles. The number of rotatable bonds is 7. The molecule has 1 fully saturated rings. The van der Waals surface area contributed by atoms with Crippen LogP contribution in [0.3, 0.4) is 0 Å². The SMILES string of the molecule is COc1c(C)cc(C(C(=O)O)N(C)CC2(CO)CCCC2)cc1C. The number of aliphatic carboxylic acids is 1. The van der Waals surface area contributed by atoms with Crippen LogP contribution < -0.4 is 4.74 Å². The molecular formula is C19H29NO4. The summed E-state index contributed by atoms with van der Waals surface area (Å²) in [5.41, 5.74) is 2.46. The summed E-state index contributed by atoms with van der Waals surface area (Å²) >= 11 is 0. The van der Waals surface area contributed by atoms with Crippen LogP contribution in [0.5, 0.6) is 5.75 Å². The van der Waals surface area contributed by atoms with Gasteiger partial charge in [0.2, 0.25) is 0 Å². The van der Waals surface area contributed by atoms with Crippen molar-refractivity contribution < 1.29 is 19.7 Å². The van der Waals surface area contributed by atoms with E-state index >= 15 is 0 Å². The van der Waals surface area contributed by atoms with Gasteiger partial charge in [-0.3, -0.25) is 9.69 Å². The van der Waals surface area contributed by atoms with Crippen LogP contribution in [0, 0.1) is 19.3 Å². The van der Waals surface area contributed by atoms with Gasteiger partial charge in [0, 0.05) is 18.6 Å². The number of carbonyl (C=O) groups is 1. The molecule has 1 aromatic carbocycles. The van der Waals surface area contributed by atoms with Crippen molar-refractivity contribution in [3.8, 4) is 5.75 Å². The quantitative estimate of drug-likeness (QED) is 0.802. The molecule has 1 unspecified atom stereocenters. The first-order valence-electron chi connectivity index (χ1n) is 8.52. The Morgan fingerprint density at radius 1 is 1.29 bits per heavy atom. The Bertz CT molecular complexity index is 570. The first-order chi connectivity index (χ1) is 11.3. The lowest BCUT2D eigenvalue weighted by molar-refractivity contribution is -0.143. The molecule has 1 atom stereocenters. The molecule has 5 nitrogen and oxygen atoms in total. The molecule has 0 aromatic heterocycles. The van der Waals surface area contributed by atoms with Crippen molar-refractivity contribution in [2.45, 2.75) is 45.6 Å². The van der Waals surface area contributed by atoms with Gasteiger partial charge in [-0.1, -0.05) is 25.0 Å². The third-order valence-corrected chi connectivity index (χ3v) is 5.26. The Hall–Kier alpha value is -1.59. The van der Waals surface area contributed by atoms with Crippen LogP contribution in [0.15, 0.2) is 12.1 Å². The lowest BCUT2D eigenvalue weighted by Crippen LogP contribution is -2.41. The molecule has 0 amide bonds. The molecule has 1 aromatic rings. The number of aliphatic hydroxyl groups excluding tert-OH is 1. The molecule has 134 valence electrons. The molecule has 2 N–H and O–H groups in total. The number of likely N-dealkylation sites (N-methyl/N-ethyl adjacent to an activating group) is 1. The van der Waals surface area contributed by atoms with Gasteiger partial charge in [-0.25, -0.2) is 0 Å². The first kappa shape index (κ1) is 18.7. The number of hydrogen-bond acceptors (Lipinski definition) is 4. The number of benzene rings is 1. The summed E-state index contributed by atoms with van der Waals surface area (Å²) in [4.78, 5) is 13.8. The van der Waals surface area contributed by atoms with Gasteiger partial charge in [0.15, 0.2) is 0 Å². The Morgan fingerprint density at radius 2 is 1.83 bits per heavy atom. The summed E-state index contributed by atoms with van der Waals surface area (Å²) < 4.78 is 5.38. The normalized spacial score (nSPS) is 17.9. The Labute approximate surface area is 144 Å². The van der Waals surface area contributed by atoms with E-state index in [0.717, 1.165) is 48.1 Å². The predicted molar refractivity (Wildman–Crippen MR) is 93.5 cm³/mol. The fourth-order valence-electron chi connectivity index (χ4n) is 4.16. The van der Waals surface area contributed by atoms with Gasteiger partial charge in [-0.15, -0.1) is 0 Å². The smallest absolute Gasteiger partial charge is 0.325 e. The van der Waals surface area contributed by atoms with Crippen LogP contribution in [-0.2, 0) is 4.79 Å².